The third kappa shape index (κ3) is 9.51. The highest BCUT2D eigenvalue weighted by Crippen LogP contribution is 2.13. The summed E-state index contributed by atoms with van der Waals surface area (Å²) in [6.45, 7) is 0. The number of rotatable bonds is 0. The van der Waals surface area contributed by atoms with E-state index >= 15 is 0 Å². The molecule has 1 saturated heterocycles. The molecule has 0 saturated carbocycles. The fraction of sp³-hybridized carbons (Fsp3) is 0.500. The molecule has 0 aromatic carbocycles. The van der Waals surface area contributed by atoms with Crippen LogP contribution in [0.3, 0.4) is 0 Å². The molecule has 1 fully saturated rings. The molecule has 1 rings (SSSR count). The number of carboxylic acids is 2. The van der Waals surface area contributed by atoms with Crippen molar-refractivity contribution in [2.75, 3.05) is 0 Å². The summed E-state index contributed by atoms with van der Waals surface area (Å²) in [5.41, 5.74) is 0. The van der Waals surface area contributed by atoms with Gasteiger partial charge in [0.1, 0.15) is 0 Å². The number of alkyl halides is 6. The molecule has 0 unspecified atom stereocenters. The Balaban J connectivity index is 0. The molecule has 2 amide bonds. The third-order valence-electron chi connectivity index (χ3n) is 1.51. The Morgan fingerprint density at radius 3 is 1.05 bits per heavy atom. The normalized spacial score (nSPS) is 14.6. The van der Waals surface area contributed by atoms with Gasteiger partial charge in [0.05, 0.1) is 0 Å². The molecule has 22 heavy (non-hydrogen) atoms. The van der Waals surface area contributed by atoms with Crippen LogP contribution in [0.15, 0.2) is 0 Å². The number of nitrogens with zero attached hydrogens (tertiary/aromatic N) is 1. The largest absolute Gasteiger partial charge is 0.490 e. The van der Waals surface area contributed by atoms with Crippen molar-refractivity contribution in [2.24, 2.45) is 0 Å². The van der Waals surface area contributed by atoms with E-state index < -0.39 is 36.1 Å². The number of hydrogen-bond donors (Lipinski definition) is 3. The Bertz CT molecular complexity index is 403. The lowest BCUT2D eigenvalue weighted by Gasteiger charge is -1.98. The summed E-state index contributed by atoms with van der Waals surface area (Å²) < 4.78 is 63.5. The van der Waals surface area contributed by atoms with Crippen LogP contribution in [0.1, 0.15) is 12.8 Å². The number of hydrogen-bond acceptors (Lipinski definition) is 5. The minimum Gasteiger partial charge on any atom is -0.475 e. The fourth-order valence-corrected chi connectivity index (χ4v) is 0.565. The molecule has 0 radical (unpaired) electrons. The van der Waals surface area contributed by atoms with E-state index in [4.69, 9.17) is 25.0 Å². The monoisotopic (exact) mass is 343 g/mol. The van der Waals surface area contributed by atoms with Crippen LogP contribution in [-0.4, -0.2) is 56.6 Å². The van der Waals surface area contributed by atoms with Gasteiger partial charge in [-0.2, -0.15) is 31.4 Å². The molecule has 1 aliphatic rings. The quantitative estimate of drug-likeness (QED) is 0.336. The Morgan fingerprint density at radius 1 is 0.818 bits per heavy atom. The number of halogens is 6. The van der Waals surface area contributed by atoms with Crippen molar-refractivity contribution < 1.29 is 60.9 Å². The summed E-state index contributed by atoms with van der Waals surface area (Å²) in [7, 11) is 0. The van der Waals surface area contributed by atoms with Crippen LogP contribution >= 0.6 is 0 Å². The summed E-state index contributed by atoms with van der Waals surface area (Å²) >= 11 is 0. The van der Waals surface area contributed by atoms with Gasteiger partial charge in [-0.3, -0.25) is 14.8 Å². The van der Waals surface area contributed by atoms with E-state index in [0.29, 0.717) is 0 Å². The van der Waals surface area contributed by atoms with Gasteiger partial charge in [0.2, 0.25) is 0 Å². The highest BCUT2D eigenvalue weighted by Gasteiger charge is 2.38. The highest BCUT2D eigenvalue weighted by atomic mass is 19.4. The van der Waals surface area contributed by atoms with Crippen LogP contribution in [0.4, 0.5) is 26.3 Å². The van der Waals surface area contributed by atoms with Crippen molar-refractivity contribution in [3.8, 4) is 0 Å². The average Bonchev–Trinajstić information content (AvgIpc) is 2.59. The summed E-state index contributed by atoms with van der Waals surface area (Å²) in [4.78, 5) is 38.3. The first-order chi connectivity index (χ1) is 9.60. The lowest BCUT2D eigenvalue weighted by Crippen LogP contribution is -2.24. The maximum absolute atomic E-state index is 10.6. The number of carbonyl (C=O) groups excluding carboxylic acids is 2. The number of hydroxylamine groups is 2. The van der Waals surface area contributed by atoms with Gasteiger partial charge in [0.25, 0.3) is 11.8 Å². The predicted octanol–water partition coefficient (Wildman–Crippen LogP) is 0.791. The molecular weight excluding hydrogens is 336 g/mol. The molecule has 0 atom stereocenters. The second-order valence-corrected chi connectivity index (χ2v) is 3.21. The zero-order valence-electron chi connectivity index (χ0n) is 10.1. The Labute approximate surface area is 116 Å². The molecule has 3 N–H and O–H groups in total. The van der Waals surface area contributed by atoms with E-state index in [1.54, 1.807) is 0 Å². The fourth-order valence-electron chi connectivity index (χ4n) is 0.565. The van der Waals surface area contributed by atoms with Gasteiger partial charge in [-0.1, -0.05) is 0 Å². The van der Waals surface area contributed by atoms with Crippen molar-refractivity contribution in [2.45, 2.75) is 25.2 Å². The second-order valence-electron chi connectivity index (χ2n) is 3.21. The van der Waals surface area contributed by atoms with E-state index in [2.05, 4.69) is 0 Å². The second kappa shape index (κ2) is 8.16. The predicted molar refractivity (Wildman–Crippen MR) is 50.3 cm³/mol. The van der Waals surface area contributed by atoms with Crippen LogP contribution in [0.5, 0.6) is 0 Å². The molecule has 128 valence electrons. The van der Waals surface area contributed by atoms with E-state index in [0.717, 1.165) is 0 Å². The number of imide groups is 1. The minimum atomic E-state index is -5.08. The molecule has 1 heterocycles. The van der Waals surface area contributed by atoms with Crippen LogP contribution < -0.4 is 0 Å². The van der Waals surface area contributed by atoms with Gasteiger partial charge >= 0.3 is 24.3 Å². The van der Waals surface area contributed by atoms with E-state index in [9.17, 15) is 35.9 Å². The number of amides is 2. The Morgan fingerprint density at radius 2 is 1.00 bits per heavy atom. The number of carboxylic acid groups (broad SMARTS) is 2. The van der Waals surface area contributed by atoms with Gasteiger partial charge in [-0.05, 0) is 0 Å². The molecule has 0 spiro atoms. The Hall–Kier alpha value is -2.38. The van der Waals surface area contributed by atoms with Crippen molar-refractivity contribution in [3.05, 3.63) is 0 Å². The minimum absolute atomic E-state index is 0.148. The first-order valence-corrected chi connectivity index (χ1v) is 4.75. The SMILES string of the molecule is O=C(O)C(F)(F)F.O=C(O)C(F)(F)F.O=C1CCC(=O)N1O. The third-order valence-corrected chi connectivity index (χ3v) is 1.51. The first-order valence-electron chi connectivity index (χ1n) is 4.75. The van der Waals surface area contributed by atoms with Crippen molar-refractivity contribution in [3.63, 3.8) is 0 Å². The maximum atomic E-state index is 10.6. The summed E-state index contributed by atoms with van der Waals surface area (Å²) in [5, 5.41) is 22.8. The molecule has 0 aliphatic carbocycles. The summed E-state index contributed by atoms with van der Waals surface area (Å²) in [6.07, 6.45) is -9.87. The van der Waals surface area contributed by atoms with Crippen molar-refractivity contribution >= 4 is 23.8 Å². The van der Waals surface area contributed by atoms with E-state index in [1.165, 1.54) is 0 Å². The zero-order chi connectivity index (χ0) is 18.3. The van der Waals surface area contributed by atoms with Gasteiger partial charge in [-0.15, -0.1) is 0 Å². The van der Waals surface area contributed by atoms with Crippen molar-refractivity contribution in [1.82, 2.24) is 5.06 Å². The summed E-state index contributed by atoms with van der Waals surface area (Å²) in [6, 6.07) is 0. The van der Waals surface area contributed by atoms with Crippen LogP contribution in [0.25, 0.3) is 0 Å². The molecular formula is C8H7F6NO7. The van der Waals surface area contributed by atoms with Gasteiger partial charge < -0.3 is 10.2 Å². The average molecular weight is 343 g/mol. The maximum Gasteiger partial charge on any atom is 0.490 e. The molecule has 1 aliphatic heterocycles. The highest BCUT2D eigenvalue weighted by molar-refractivity contribution is 6.00. The van der Waals surface area contributed by atoms with E-state index in [-0.39, 0.29) is 17.9 Å². The molecule has 0 bridgehead atoms. The van der Waals surface area contributed by atoms with Crippen LogP contribution in [-0.2, 0) is 19.2 Å². The van der Waals surface area contributed by atoms with Gasteiger partial charge in [0.15, 0.2) is 0 Å². The smallest absolute Gasteiger partial charge is 0.475 e. The lowest BCUT2D eigenvalue weighted by molar-refractivity contribution is -0.193. The number of aliphatic carboxylic acids is 2. The number of carbonyl (C=O) groups is 4. The molecule has 8 nitrogen and oxygen atoms in total. The summed E-state index contributed by atoms with van der Waals surface area (Å²) in [5.74, 6) is -6.52. The first kappa shape index (κ1) is 21.9. The van der Waals surface area contributed by atoms with E-state index in [1.807, 2.05) is 0 Å². The zero-order valence-corrected chi connectivity index (χ0v) is 10.1. The van der Waals surface area contributed by atoms with Crippen molar-refractivity contribution in [1.29, 1.82) is 0 Å². The van der Waals surface area contributed by atoms with Gasteiger partial charge in [-0.25, -0.2) is 9.59 Å². The van der Waals surface area contributed by atoms with Gasteiger partial charge in [0, 0.05) is 12.8 Å². The topological polar surface area (TPSA) is 132 Å². The molecule has 0 aromatic heterocycles. The Kier molecular flexibility index (Phi) is 8.12. The standard InChI is InChI=1S/C4H5NO3.2C2HF3O2/c6-3-1-2-4(7)5(3)8;2*3-2(4,5)1(6)7/h8H,1-2H2;2*(H,6,7). The molecule has 14 heteroatoms. The lowest BCUT2D eigenvalue weighted by atomic mass is 10.4. The van der Waals surface area contributed by atoms with Crippen LogP contribution in [0, 0.1) is 0 Å². The molecule has 0 aromatic rings. The van der Waals surface area contributed by atoms with Crippen LogP contribution in [0.2, 0.25) is 0 Å².